The number of carbonyl (C=O) groups is 1. The van der Waals surface area contributed by atoms with Gasteiger partial charge in [0.05, 0.1) is 10.5 Å². The van der Waals surface area contributed by atoms with E-state index >= 15 is 0 Å². The number of amides is 1. The molecule has 2 aromatic rings. The van der Waals surface area contributed by atoms with Crippen molar-refractivity contribution in [1.29, 1.82) is 0 Å². The Hall–Kier alpha value is -2.53. The highest BCUT2D eigenvalue weighted by Crippen LogP contribution is 2.59. The van der Waals surface area contributed by atoms with E-state index in [1.165, 1.54) is 6.07 Å². The van der Waals surface area contributed by atoms with Crippen molar-refractivity contribution >= 4 is 15.7 Å². The Bertz CT molecular complexity index is 1400. The summed E-state index contributed by atoms with van der Waals surface area (Å²) in [5, 5.41) is 13.5. The predicted octanol–water partition coefficient (Wildman–Crippen LogP) is 5.64. The van der Waals surface area contributed by atoms with Crippen LogP contribution in [-0.4, -0.2) is 37.8 Å². The summed E-state index contributed by atoms with van der Waals surface area (Å²) >= 11 is 0. The van der Waals surface area contributed by atoms with Crippen LogP contribution >= 0.6 is 0 Å². The summed E-state index contributed by atoms with van der Waals surface area (Å²) in [7, 11) is -4.29. The van der Waals surface area contributed by atoms with E-state index in [0.29, 0.717) is 19.8 Å². The van der Waals surface area contributed by atoms with Crippen molar-refractivity contribution in [2.24, 2.45) is 11.8 Å². The Morgan fingerprint density at radius 3 is 2.30 bits per heavy atom. The molecule has 1 amide bonds. The van der Waals surface area contributed by atoms with Crippen molar-refractivity contribution < 1.29 is 40.3 Å². The molecule has 2 saturated carbocycles. The second-order valence-electron chi connectivity index (χ2n) is 11.7. The summed E-state index contributed by atoms with van der Waals surface area (Å²) in [6.45, 7) is 0.485. The van der Waals surface area contributed by atoms with Crippen molar-refractivity contribution in [3.63, 3.8) is 0 Å². The highest BCUT2D eigenvalue weighted by Gasteiger charge is 2.62. The van der Waals surface area contributed by atoms with E-state index in [4.69, 9.17) is 0 Å². The average Bonchev–Trinajstić information content (AvgIpc) is 3.52. The molecule has 1 unspecified atom stereocenters. The topological polar surface area (TPSA) is 83.5 Å². The average molecular weight is 586 g/mol. The third kappa shape index (κ3) is 4.53. The lowest BCUT2D eigenvalue weighted by Gasteiger charge is -2.42. The van der Waals surface area contributed by atoms with Crippen molar-refractivity contribution in [3.05, 3.63) is 65.0 Å². The molecule has 0 bridgehead atoms. The van der Waals surface area contributed by atoms with Crippen LogP contribution in [0.4, 0.5) is 22.0 Å². The summed E-state index contributed by atoms with van der Waals surface area (Å²) in [5.74, 6) is -2.47. The minimum Gasteiger partial charge on any atom is -0.388 e. The van der Waals surface area contributed by atoms with Gasteiger partial charge < -0.3 is 10.4 Å². The summed E-state index contributed by atoms with van der Waals surface area (Å²) < 4.78 is 96.0. The zero-order valence-corrected chi connectivity index (χ0v) is 22.8. The third-order valence-electron chi connectivity index (χ3n) is 9.34. The monoisotopic (exact) mass is 585 g/mol. The van der Waals surface area contributed by atoms with Gasteiger partial charge >= 0.3 is 6.18 Å². The zero-order chi connectivity index (χ0) is 29.1. The Labute approximate surface area is 230 Å². The maximum Gasteiger partial charge on any atom is 0.426 e. The van der Waals surface area contributed by atoms with Gasteiger partial charge in [-0.2, -0.15) is 13.2 Å². The van der Waals surface area contributed by atoms with Gasteiger partial charge in [-0.25, -0.2) is 17.2 Å². The summed E-state index contributed by atoms with van der Waals surface area (Å²) in [5.41, 5.74) is -4.73. The lowest BCUT2D eigenvalue weighted by Crippen LogP contribution is -2.48. The van der Waals surface area contributed by atoms with Gasteiger partial charge in [-0.3, -0.25) is 4.79 Å². The van der Waals surface area contributed by atoms with Crippen LogP contribution in [0.25, 0.3) is 0 Å². The predicted molar refractivity (Wildman–Crippen MR) is 137 cm³/mol. The Kier molecular flexibility index (Phi) is 7.09. The molecule has 0 saturated heterocycles. The summed E-state index contributed by atoms with van der Waals surface area (Å²) in [4.78, 5) is 13.3. The summed E-state index contributed by atoms with van der Waals surface area (Å²) in [6, 6.07) is 7.64. The van der Waals surface area contributed by atoms with Crippen LogP contribution in [0, 0.1) is 17.7 Å². The first-order chi connectivity index (χ1) is 18.6. The van der Waals surface area contributed by atoms with E-state index in [9.17, 15) is 40.3 Å². The molecule has 3 aliphatic rings. The fourth-order valence-corrected chi connectivity index (χ4v) is 9.51. The highest BCUT2D eigenvalue weighted by atomic mass is 32.2. The molecule has 0 radical (unpaired) electrons. The Morgan fingerprint density at radius 1 is 1.02 bits per heavy atom. The number of nitrogens with one attached hydrogen (secondary N) is 1. The maximum atomic E-state index is 14.9. The molecule has 5 nitrogen and oxygen atoms in total. The molecule has 40 heavy (non-hydrogen) atoms. The fraction of sp³-hybridized carbons (Fsp3) is 0.552. The minimum absolute atomic E-state index is 0.0121. The van der Waals surface area contributed by atoms with Gasteiger partial charge in [0.15, 0.2) is 9.84 Å². The number of aryl methyl sites for hydroxylation is 1. The number of sulfone groups is 1. The van der Waals surface area contributed by atoms with Crippen molar-refractivity contribution in [1.82, 2.24) is 5.32 Å². The number of rotatable bonds is 6. The van der Waals surface area contributed by atoms with Crippen molar-refractivity contribution in [2.45, 2.75) is 85.4 Å². The van der Waals surface area contributed by atoms with Crippen LogP contribution in [0.2, 0.25) is 0 Å². The smallest absolute Gasteiger partial charge is 0.388 e. The number of aliphatic hydroxyl groups is 1. The molecule has 5 rings (SSSR count). The van der Waals surface area contributed by atoms with Crippen LogP contribution in [0.5, 0.6) is 0 Å². The lowest BCUT2D eigenvalue weighted by atomic mass is 9.72. The van der Waals surface area contributed by atoms with Gasteiger partial charge in [0.25, 0.3) is 0 Å². The van der Waals surface area contributed by atoms with E-state index in [-0.39, 0.29) is 54.2 Å². The normalized spacial score (nSPS) is 27.5. The molecule has 0 spiro atoms. The standard InChI is InChI=1S/C29H32F5NO4S/c1-26(31,29(32,33)34)19-5-11-23-18(16-19)4-10-24-22(25(36)35-17-27(37)13-2-3-14-27)12-15-28(23,24)40(38,39)21-8-6-20(30)7-9-21/h5-9,11,16,22,24,37H,2-4,10,12-15,17H2,1H3,(H,35,36)/t22-,24+,26?,28-/m1/s1. The molecular weight excluding hydrogens is 553 g/mol. The number of fused-ring (bicyclic) bond motifs is 3. The van der Waals surface area contributed by atoms with Crippen LogP contribution in [-0.2, 0) is 31.5 Å². The van der Waals surface area contributed by atoms with E-state index in [0.717, 1.165) is 49.2 Å². The van der Waals surface area contributed by atoms with Gasteiger partial charge in [-0.05, 0) is 92.3 Å². The van der Waals surface area contributed by atoms with E-state index < -0.39 is 55.2 Å². The number of benzene rings is 2. The minimum atomic E-state index is -5.17. The van der Waals surface area contributed by atoms with Gasteiger partial charge in [0, 0.05) is 12.5 Å². The van der Waals surface area contributed by atoms with Gasteiger partial charge in [-0.15, -0.1) is 0 Å². The molecule has 0 heterocycles. The number of halogens is 5. The second kappa shape index (κ2) is 9.79. The van der Waals surface area contributed by atoms with E-state index in [2.05, 4.69) is 5.32 Å². The molecule has 4 atom stereocenters. The molecule has 2 N–H and O–H groups in total. The van der Waals surface area contributed by atoms with Gasteiger partial charge in [0.2, 0.25) is 11.6 Å². The Balaban J connectivity index is 1.58. The SMILES string of the molecule is CC(F)(c1ccc2c(c1)CC[C@H]1[C@H](C(=O)NCC3(O)CCCC3)CC[C@@]21S(=O)(=O)c1ccc(F)cc1)C(F)(F)F. The van der Waals surface area contributed by atoms with Crippen LogP contribution < -0.4 is 5.32 Å². The van der Waals surface area contributed by atoms with Crippen LogP contribution in [0.15, 0.2) is 47.4 Å². The number of hydrogen-bond donors (Lipinski definition) is 2. The largest absolute Gasteiger partial charge is 0.426 e. The Morgan fingerprint density at radius 2 is 1.68 bits per heavy atom. The molecule has 0 aliphatic heterocycles. The highest BCUT2D eigenvalue weighted by molar-refractivity contribution is 7.92. The van der Waals surface area contributed by atoms with E-state index in [1.807, 2.05) is 0 Å². The van der Waals surface area contributed by atoms with Crippen molar-refractivity contribution in [3.8, 4) is 0 Å². The lowest BCUT2D eigenvalue weighted by molar-refractivity contribution is -0.228. The number of carbonyl (C=O) groups excluding carboxylic acids is 1. The molecular formula is C29H32F5NO4S. The third-order valence-corrected chi connectivity index (χ3v) is 11.9. The fourth-order valence-electron chi connectivity index (χ4n) is 7.04. The van der Waals surface area contributed by atoms with Gasteiger partial charge in [0.1, 0.15) is 10.6 Å². The molecule has 3 aliphatic carbocycles. The molecule has 0 aromatic heterocycles. The van der Waals surface area contributed by atoms with Gasteiger partial charge in [-0.1, -0.05) is 31.0 Å². The van der Waals surface area contributed by atoms with Crippen LogP contribution in [0.3, 0.4) is 0 Å². The number of alkyl halides is 4. The zero-order valence-electron chi connectivity index (χ0n) is 22.0. The number of hydrogen-bond acceptors (Lipinski definition) is 4. The second-order valence-corrected chi connectivity index (χ2v) is 13.9. The first-order valence-electron chi connectivity index (χ1n) is 13.5. The first-order valence-corrected chi connectivity index (χ1v) is 15.0. The molecule has 11 heteroatoms. The quantitative estimate of drug-likeness (QED) is 0.340. The van der Waals surface area contributed by atoms with Crippen LogP contribution in [0.1, 0.15) is 68.6 Å². The molecule has 2 fully saturated rings. The van der Waals surface area contributed by atoms with E-state index in [1.54, 1.807) is 0 Å². The summed E-state index contributed by atoms with van der Waals surface area (Å²) in [6.07, 6.45) is -1.80. The molecule has 218 valence electrons. The first kappa shape index (κ1) is 29.0. The van der Waals surface area contributed by atoms with Crippen molar-refractivity contribution in [2.75, 3.05) is 6.54 Å². The maximum absolute atomic E-state index is 14.9. The molecule has 2 aromatic carbocycles.